The number of carboxylic acids is 1. The van der Waals surface area contributed by atoms with E-state index in [1.807, 2.05) is 12.1 Å². The van der Waals surface area contributed by atoms with Crippen molar-refractivity contribution < 1.29 is 9.90 Å². The minimum atomic E-state index is -0.765. The molecule has 0 aliphatic carbocycles. The molecule has 1 heterocycles. The average Bonchev–Trinajstić information content (AvgIpc) is 2.48. The molecule has 21 heavy (non-hydrogen) atoms. The van der Waals surface area contributed by atoms with E-state index in [1.165, 1.54) is 11.1 Å². The van der Waals surface area contributed by atoms with E-state index in [9.17, 15) is 4.79 Å². The second-order valence-electron chi connectivity index (χ2n) is 5.20. The summed E-state index contributed by atoms with van der Waals surface area (Å²) in [5, 5.41) is 8.89. The first-order valence-electron chi connectivity index (χ1n) is 7.02. The van der Waals surface area contributed by atoms with Gasteiger partial charge in [-0.3, -0.25) is 14.7 Å². The Kier molecular flexibility index (Phi) is 5.46. The van der Waals surface area contributed by atoms with Crippen LogP contribution in [0.25, 0.3) is 0 Å². The largest absolute Gasteiger partial charge is 0.481 e. The number of carbonyl (C=O) groups is 1. The molecule has 4 heteroatoms. The van der Waals surface area contributed by atoms with Crippen LogP contribution in [0.2, 0.25) is 0 Å². The minimum absolute atomic E-state index is 0.150. The fourth-order valence-electron chi connectivity index (χ4n) is 2.17. The number of hydrogen-bond donors (Lipinski definition) is 1. The highest BCUT2D eigenvalue weighted by molar-refractivity contribution is 5.66. The van der Waals surface area contributed by atoms with Crippen molar-refractivity contribution in [2.24, 2.45) is 0 Å². The van der Waals surface area contributed by atoms with Crippen molar-refractivity contribution in [3.05, 3.63) is 65.5 Å². The van der Waals surface area contributed by atoms with Gasteiger partial charge in [-0.2, -0.15) is 0 Å². The third-order valence-electron chi connectivity index (χ3n) is 3.32. The number of rotatable bonds is 7. The zero-order valence-electron chi connectivity index (χ0n) is 12.2. The van der Waals surface area contributed by atoms with E-state index in [0.717, 1.165) is 18.7 Å². The third-order valence-corrected chi connectivity index (χ3v) is 3.32. The number of carboxylic acid groups (broad SMARTS) is 1. The van der Waals surface area contributed by atoms with Crippen LogP contribution >= 0.6 is 0 Å². The molecular formula is C17H20N2O2. The van der Waals surface area contributed by atoms with Gasteiger partial charge in [-0.15, -0.1) is 0 Å². The molecule has 2 aromatic rings. The van der Waals surface area contributed by atoms with Crippen LogP contribution in [0, 0.1) is 6.92 Å². The molecule has 0 spiro atoms. The molecule has 0 amide bonds. The fraction of sp³-hybridized carbons (Fsp3) is 0.294. The zero-order valence-corrected chi connectivity index (χ0v) is 12.2. The number of aliphatic carboxylic acids is 1. The van der Waals surface area contributed by atoms with Gasteiger partial charge in [0.15, 0.2) is 0 Å². The van der Waals surface area contributed by atoms with Crippen LogP contribution in [0.3, 0.4) is 0 Å². The summed E-state index contributed by atoms with van der Waals surface area (Å²) in [4.78, 5) is 17.0. The van der Waals surface area contributed by atoms with Crippen LogP contribution in [0.5, 0.6) is 0 Å². The first-order valence-corrected chi connectivity index (χ1v) is 7.02. The van der Waals surface area contributed by atoms with Gasteiger partial charge in [0.2, 0.25) is 0 Å². The van der Waals surface area contributed by atoms with E-state index < -0.39 is 5.97 Å². The molecule has 2 rings (SSSR count). The molecular weight excluding hydrogens is 264 g/mol. The van der Waals surface area contributed by atoms with Gasteiger partial charge < -0.3 is 5.11 Å². The molecule has 0 aliphatic rings. The molecule has 0 saturated carbocycles. The molecule has 0 bridgehead atoms. The molecule has 0 radical (unpaired) electrons. The SMILES string of the molecule is Cc1ccc(CN(CCC(=O)O)Cc2ccncc2)cc1. The van der Waals surface area contributed by atoms with Crippen LogP contribution in [-0.4, -0.2) is 27.5 Å². The van der Waals surface area contributed by atoms with E-state index in [0.29, 0.717) is 6.54 Å². The third kappa shape index (κ3) is 5.36. The summed E-state index contributed by atoms with van der Waals surface area (Å²) in [7, 11) is 0. The van der Waals surface area contributed by atoms with Crippen molar-refractivity contribution in [1.29, 1.82) is 0 Å². The molecule has 1 aromatic carbocycles. The van der Waals surface area contributed by atoms with Gasteiger partial charge in [0.25, 0.3) is 0 Å². The average molecular weight is 284 g/mol. The van der Waals surface area contributed by atoms with E-state index in [-0.39, 0.29) is 6.42 Å². The van der Waals surface area contributed by atoms with Crippen molar-refractivity contribution in [3.8, 4) is 0 Å². The zero-order chi connectivity index (χ0) is 15.1. The Morgan fingerprint density at radius 1 is 1.05 bits per heavy atom. The predicted molar refractivity (Wildman–Crippen MR) is 81.8 cm³/mol. The standard InChI is InChI=1S/C17H20N2O2/c1-14-2-4-15(5-3-14)12-19(11-8-17(20)21)13-16-6-9-18-10-7-16/h2-7,9-10H,8,11-13H2,1H3,(H,20,21). The lowest BCUT2D eigenvalue weighted by Gasteiger charge is -2.22. The van der Waals surface area contributed by atoms with Crippen LogP contribution in [0.1, 0.15) is 23.1 Å². The lowest BCUT2D eigenvalue weighted by atomic mass is 10.1. The number of nitrogens with zero attached hydrogens (tertiary/aromatic N) is 2. The number of pyridine rings is 1. The van der Waals surface area contributed by atoms with Crippen LogP contribution in [-0.2, 0) is 17.9 Å². The summed E-state index contributed by atoms with van der Waals surface area (Å²) in [6.07, 6.45) is 3.67. The number of hydrogen-bond acceptors (Lipinski definition) is 3. The smallest absolute Gasteiger partial charge is 0.304 e. The highest BCUT2D eigenvalue weighted by atomic mass is 16.4. The minimum Gasteiger partial charge on any atom is -0.481 e. The highest BCUT2D eigenvalue weighted by Gasteiger charge is 2.09. The summed E-state index contributed by atoms with van der Waals surface area (Å²) in [6.45, 7) is 4.06. The van der Waals surface area contributed by atoms with Gasteiger partial charge >= 0.3 is 5.97 Å². The first-order chi connectivity index (χ1) is 10.1. The second-order valence-corrected chi connectivity index (χ2v) is 5.20. The number of benzene rings is 1. The summed E-state index contributed by atoms with van der Waals surface area (Å²) < 4.78 is 0. The topological polar surface area (TPSA) is 53.4 Å². The van der Waals surface area contributed by atoms with Gasteiger partial charge in [0.05, 0.1) is 6.42 Å². The molecule has 4 nitrogen and oxygen atoms in total. The van der Waals surface area contributed by atoms with Crippen molar-refractivity contribution in [1.82, 2.24) is 9.88 Å². The fourth-order valence-corrected chi connectivity index (χ4v) is 2.17. The van der Waals surface area contributed by atoms with Crippen LogP contribution in [0.15, 0.2) is 48.8 Å². The van der Waals surface area contributed by atoms with E-state index in [2.05, 4.69) is 41.1 Å². The predicted octanol–water partition coefficient (Wildman–Crippen LogP) is 2.87. The van der Waals surface area contributed by atoms with Crippen molar-refractivity contribution in [2.75, 3.05) is 6.54 Å². The lowest BCUT2D eigenvalue weighted by Crippen LogP contribution is -2.25. The Bertz CT molecular complexity index is 567. The van der Waals surface area contributed by atoms with Gasteiger partial charge in [0, 0.05) is 32.0 Å². The second kappa shape index (κ2) is 7.55. The van der Waals surface area contributed by atoms with Gasteiger partial charge in [0.1, 0.15) is 0 Å². The maximum Gasteiger partial charge on any atom is 0.304 e. The van der Waals surface area contributed by atoms with E-state index >= 15 is 0 Å². The van der Waals surface area contributed by atoms with Gasteiger partial charge in [-0.1, -0.05) is 29.8 Å². The van der Waals surface area contributed by atoms with Crippen LogP contribution < -0.4 is 0 Å². The van der Waals surface area contributed by atoms with Crippen molar-refractivity contribution in [2.45, 2.75) is 26.4 Å². The Labute approximate surface area is 125 Å². The Hall–Kier alpha value is -2.20. The number of aryl methyl sites for hydroxylation is 1. The molecule has 1 aromatic heterocycles. The molecule has 0 unspecified atom stereocenters. The first kappa shape index (κ1) is 15.2. The van der Waals surface area contributed by atoms with Crippen LogP contribution in [0.4, 0.5) is 0 Å². The van der Waals surface area contributed by atoms with Crippen molar-refractivity contribution >= 4 is 5.97 Å². The lowest BCUT2D eigenvalue weighted by molar-refractivity contribution is -0.137. The molecule has 0 aliphatic heterocycles. The monoisotopic (exact) mass is 284 g/mol. The van der Waals surface area contributed by atoms with E-state index in [4.69, 9.17) is 5.11 Å². The summed E-state index contributed by atoms with van der Waals surface area (Å²) in [6, 6.07) is 12.3. The molecule has 0 atom stereocenters. The summed E-state index contributed by atoms with van der Waals surface area (Å²) in [5.74, 6) is -0.765. The Balaban J connectivity index is 2.04. The molecule has 0 saturated heterocycles. The Morgan fingerprint density at radius 2 is 1.62 bits per heavy atom. The normalized spacial score (nSPS) is 10.8. The van der Waals surface area contributed by atoms with Crippen molar-refractivity contribution in [3.63, 3.8) is 0 Å². The number of aromatic nitrogens is 1. The maximum absolute atomic E-state index is 10.8. The molecule has 110 valence electrons. The van der Waals surface area contributed by atoms with Gasteiger partial charge in [-0.25, -0.2) is 0 Å². The molecule has 1 N–H and O–H groups in total. The van der Waals surface area contributed by atoms with E-state index in [1.54, 1.807) is 12.4 Å². The Morgan fingerprint density at radius 3 is 2.19 bits per heavy atom. The summed E-state index contributed by atoms with van der Waals surface area (Å²) >= 11 is 0. The highest BCUT2D eigenvalue weighted by Crippen LogP contribution is 2.11. The summed E-state index contributed by atoms with van der Waals surface area (Å²) in [5.41, 5.74) is 3.56. The molecule has 0 fully saturated rings. The quantitative estimate of drug-likeness (QED) is 0.849. The maximum atomic E-state index is 10.8. The van der Waals surface area contributed by atoms with Gasteiger partial charge in [-0.05, 0) is 30.2 Å².